The molecule has 7 heteroatoms. The zero-order valence-corrected chi connectivity index (χ0v) is 12.4. The summed E-state index contributed by atoms with van der Waals surface area (Å²) >= 11 is 0. The van der Waals surface area contributed by atoms with Gasteiger partial charge in [-0.05, 0) is 24.3 Å². The molecule has 122 valence electrons. The fourth-order valence-corrected chi connectivity index (χ4v) is 2.39. The first kappa shape index (κ1) is 15.8. The predicted octanol–water partition coefficient (Wildman–Crippen LogP) is 2.31. The summed E-state index contributed by atoms with van der Waals surface area (Å²) in [7, 11) is 0. The zero-order chi connectivity index (χ0) is 17.1. The standard InChI is InChI=1S/C17H13F2N3O2/c18-11-5-3-4-10(8-11)16(24)22-17-20-14(9-15(23)21-17)12-6-1-2-7-13(12)19/h1-8,14H,9H2,(H2,20,21,22,23,24)/t14-/m0/s1. The highest BCUT2D eigenvalue weighted by molar-refractivity contribution is 6.10. The minimum Gasteiger partial charge on any atom is -0.296 e. The number of rotatable bonds is 2. The Morgan fingerprint density at radius 3 is 2.71 bits per heavy atom. The van der Waals surface area contributed by atoms with E-state index in [0.717, 1.165) is 6.07 Å². The van der Waals surface area contributed by atoms with E-state index in [1.54, 1.807) is 6.07 Å². The van der Waals surface area contributed by atoms with Gasteiger partial charge in [0.05, 0.1) is 12.5 Å². The topological polar surface area (TPSA) is 70.6 Å². The van der Waals surface area contributed by atoms with Gasteiger partial charge in [0.1, 0.15) is 11.6 Å². The van der Waals surface area contributed by atoms with E-state index in [0.29, 0.717) is 0 Å². The Hall–Kier alpha value is -3.09. The second kappa shape index (κ2) is 6.57. The van der Waals surface area contributed by atoms with Gasteiger partial charge in [0.15, 0.2) is 0 Å². The molecule has 1 atom stereocenters. The molecule has 0 saturated heterocycles. The Morgan fingerprint density at radius 2 is 1.96 bits per heavy atom. The van der Waals surface area contributed by atoms with Crippen LogP contribution in [0.25, 0.3) is 0 Å². The molecular weight excluding hydrogens is 316 g/mol. The summed E-state index contributed by atoms with van der Waals surface area (Å²) in [5, 5.41) is 4.82. The molecule has 1 aliphatic heterocycles. The van der Waals surface area contributed by atoms with Crippen molar-refractivity contribution in [3.05, 3.63) is 71.3 Å². The van der Waals surface area contributed by atoms with Gasteiger partial charge in [0.2, 0.25) is 11.9 Å². The first-order chi connectivity index (χ1) is 11.5. The van der Waals surface area contributed by atoms with Crippen molar-refractivity contribution in [2.75, 3.05) is 0 Å². The number of nitrogens with one attached hydrogen (secondary N) is 2. The van der Waals surface area contributed by atoms with Gasteiger partial charge in [-0.3, -0.25) is 20.2 Å². The summed E-state index contributed by atoms with van der Waals surface area (Å²) in [5.41, 5.74) is 0.352. The van der Waals surface area contributed by atoms with Crippen molar-refractivity contribution in [2.24, 2.45) is 4.99 Å². The number of nitrogens with zero attached hydrogens (tertiary/aromatic N) is 1. The summed E-state index contributed by atoms with van der Waals surface area (Å²) in [6.45, 7) is 0. The Kier molecular flexibility index (Phi) is 4.33. The lowest BCUT2D eigenvalue weighted by Gasteiger charge is -2.21. The third kappa shape index (κ3) is 3.45. The number of guanidine groups is 1. The number of carbonyl (C=O) groups excluding carboxylic acids is 2. The molecule has 1 aliphatic rings. The van der Waals surface area contributed by atoms with Crippen LogP contribution in [-0.2, 0) is 4.79 Å². The van der Waals surface area contributed by atoms with E-state index in [1.807, 2.05) is 0 Å². The smallest absolute Gasteiger partial charge is 0.258 e. The van der Waals surface area contributed by atoms with Gasteiger partial charge in [-0.1, -0.05) is 24.3 Å². The van der Waals surface area contributed by atoms with Gasteiger partial charge < -0.3 is 0 Å². The third-order valence-electron chi connectivity index (χ3n) is 3.50. The first-order valence-electron chi connectivity index (χ1n) is 7.22. The molecule has 0 fully saturated rings. The first-order valence-corrected chi connectivity index (χ1v) is 7.22. The van der Waals surface area contributed by atoms with Gasteiger partial charge >= 0.3 is 0 Å². The van der Waals surface area contributed by atoms with Crippen molar-refractivity contribution in [3.8, 4) is 0 Å². The number of carbonyl (C=O) groups is 2. The summed E-state index contributed by atoms with van der Waals surface area (Å²) < 4.78 is 27.0. The van der Waals surface area contributed by atoms with Gasteiger partial charge in [-0.15, -0.1) is 0 Å². The Labute approximate surface area is 136 Å². The van der Waals surface area contributed by atoms with E-state index in [1.165, 1.54) is 36.4 Å². The number of amides is 2. The van der Waals surface area contributed by atoms with E-state index in [2.05, 4.69) is 15.6 Å². The van der Waals surface area contributed by atoms with Crippen molar-refractivity contribution in [1.29, 1.82) is 0 Å². The Bertz CT molecular complexity index is 836. The van der Waals surface area contributed by atoms with E-state index in [4.69, 9.17) is 0 Å². The molecular formula is C17H13F2N3O2. The normalized spacial score (nSPS) is 17.0. The molecule has 2 N–H and O–H groups in total. The van der Waals surface area contributed by atoms with E-state index in [-0.39, 0.29) is 23.5 Å². The molecule has 0 aromatic heterocycles. The zero-order valence-electron chi connectivity index (χ0n) is 12.4. The molecule has 1 heterocycles. The summed E-state index contributed by atoms with van der Waals surface area (Å²) in [6, 6.07) is 10.4. The predicted molar refractivity (Wildman–Crippen MR) is 83.2 cm³/mol. The summed E-state index contributed by atoms with van der Waals surface area (Å²) in [6.07, 6.45) is -0.0275. The fraction of sp³-hybridized carbons (Fsp3) is 0.118. The van der Waals surface area contributed by atoms with Gasteiger partial charge in [-0.25, -0.2) is 13.8 Å². The molecule has 5 nitrogen and oxygen atoms in total. The van der Waals surface area contributed by atoms with Crippen LogP contribution >= 0.6 is 0 Å². The number of hydrogen-bond donors (Lipinski definition) is 2. The number of benzene rings is 2. The maximum absolute atomic E-state index is 13.9. The number of halogens is 2. The summed E-state index contributed by atoms with van der Waals surface area (Å²) in [5.74, 6) is -2.14. The Morgan fingerprint density at radius 1 is 1.17 bits per heavy atom. The van der Waals surface area contributed by atoms with Gasteiger partial charge in [0, 0.05) is 11.1 Å². The quantitative estimate of drug-likeness (QED) is 0.888. The fourth-order valence-electron chi connectivity index (χ4n) is 2.39. The minimum atomic E-state index is -0.734. The minimum absolute atomic E-state index is 0.0275. The molecule has 0 aliphatic carbocycles. The largest absolute Gasteiger partial charge is 0.296 e. The van der Waals surface area contributed by atoms with Crippen molar-refractivity contribution in [3.63, 3.8) is 0 Å². The summed E-state index contributed by atoms with van der Waals surface area (Å²) in [4.78, 5) is 28.1. The maximum Gasteiger partial charge on any atom is 0.258 e. The molecule has 2 amide bonds. The van der Waals surface area contributed by atoms with Crippen molar-refractivity contribution in [1.82, 2.24) is 10.6 Å². The van der Waals surface area contributed by atoms with Crippen molar-refractivity contribution in [2.45, 2.75) is 12.5 Å². The van der Waals surface area contributed by atoms with Crippen LogP contribution in [0.1, 0.15) is 28.4 Å². The van der Waals surface area contributed by atoms with E-state index < -0.39 is 29.5 Å². The molecule has 0 bridgehead atoms. The Balaban J connectivity index is 1.83. The highest BCUT2D eigenvalue weighted by Gasteiger charge is 2.25. The molecule has 0 spiro atoms. The number of aliphatic imine (C=N–C) groups is 1. The highest BCUT2D eigenvalue weighted by atomic mass is 19.1. The van der Waals surface area contributed by atoms with Crippen molar-refractivity contribution >= 4 is 17.8 Å². The number of hydrogen-bond acceptors (Lipinski definition) is 3. The lowest BCUT2D eigenvalue weighted by molar-refractivity contribution is -0.120. The third-order valence-corrected chi connectivity index (χ3v) is 3.50. The molecule has 2 aromatic carbocycles. The molecule has 24 heavy (non-hydrogen) atoms. The van der Waals surface area contributed by atoms with Gasteiger partial charge in [0.25, 0.3) is 5.91 Å². The average Bonchev–Trinajstić information content (AvgIpc) is 2.54. The second-order valence-corrected chi connectivity index (χ2v) is 5.23. The SMILES string of the molecule is O=C1C[C@@H](c2ccccc2F)N=C(NC(=O)c2cccc(F)c2)N1. The maximum atomic E-state index is 13.9. The van der Waals surface area contributed by atoms with E-state index in [9.17, 15) is 18.4 Å². The van der Waals surface area contributed by atoms with Crippen LogP contribution in [0.5, 0.6) is 0 Å². The van der Waals surface area contributed by atoms with Crippen LogP contribution in [0.15, 0.2) is 53.5 Å². The second-order valence-electron chi connectivity index (χ2n) is 5.23. The monoisotopic (exact) mass is 329 g/mol. The molecule has 3 rings (SSSR count). The van der Waals surface area contributed by atoms with Crippen LogP contribution in [0.4, 0.5) is 8.78 Å². The van der Waals surface area contributed by atoms with E-state index >= 15 is 0 Å². The molecule has 0 radical (unpaired) electrons. The van der Waals surface area contributed by atoms with Crippen LogP contribution in [0.2, 0.25) is 0 Å². The highest BCUT2D eigenvalue weighted by Crippen LogP contribution is 2.25. The molecule has 0 saturated carbocycles. The van der Waals surface area contributed by atoms with Crippen LogP contribution in [-0.4, -0.2) is 17.8 Å². The lowest BCUT2D eigenvalue weighted by atomic mass is 10.0. The van der Waals surface area contributed by atoms with Gasteiger partial charge in [-0.2, -0.15) is 0 Å². The molecule has 0 unspecified atom stereocenters. The van der Waals surface area contributed by atoms with Crippen LogP contribution < -0.4 is 10.6 Å². The van der Waals surface area contributed by atoms with Crippen LogP contribution in [0.3, 0.4) is 0 Å². The molecule has 2 aromatic rings. The van der Waals surface area contributed by atoms with Crippen LogP contribution in [0, 0.1) is 11.6 Å². The average molecular weight is 329 g/mol. The van der Waals surface area contributed by atoms with Crippen molar-refractivity contribution < 1.29 is 18.4 Å². The lowest BCUT2D eigenvalue weighted by Crippen LogP contribution is -2.47.